The lowest BCUT2D eigenvalue weighted by Gasteiger charge is -2.34. The van der Waals surface area contributed by atoms with E-state index in [1.54, 1.807) is 0 Å². The fraction of sp³-hybridized carbons (Fsp3) is 0.556. The Morgan fingerprint density at radius 1 is 1.24 bits per heavy atom. The predicted molar refractivity (Wildman–Crippen MR) is 93.7 cm³/mol. The topological polar surface area (TPSA) is 91.1 Å². The molecular formula is C18H27N6O+. The largest absolute Gasteiger partial charge is 0.369 e. The Kier molecular flexibility index (Phi) is 4.85. The molecule has 0 aliphatic carbocycles. The third kappa shape index (κ3) is 3.71. The summed E-state index contributed by atoms with van der Waals surface area (Å²) in [7, 11) is 0. The highest BCUT2D eigenvalue weighted by Crippen LogP contribution is 2.23. The molecule has 1 fully saturated rings. The van der Waals surface area contributed by atoms with Gasteiger partial charge in [0.15, 0.2) is 6.04 Å². The molecular weight excluding hydrogens is 316 g/mol. The number of carbonyl (C=O) groups excluding carboxylic acids is 1. The monoisotopic (exact) mass is 343 g/mol. The van der Waals surface area contributed by atoms with Crippen LogP contribution in [0.2, 0.25) is 0 Å². The van der Waals surface area contributed by atoms with E-state index in [1.165, 1.54) is 10.5 Å². The molecule has 1 aliphatic rings. The molecule has 3 N–H and O–H groups in total. The molecule has 134 valence electrons. The summed E-state index contributed by atoms with van der Waals surface area (Å²) in [5, 5.41) is 12.6. The molecule has 1 saturated heterocycles. The number of amides is 1. The number of nitrogens with one attached hydrogen (secondary N) is 1. The van der Waals surface area contributed by atoms with Crippen LogP contribution in [0.1, 0.15) is 51.0 Å². The van der Waals surface area contributed by atoms with Gasteiger partial charge < -0.3 is 10.6 Å². The van der Waals surface area contributed by atoms with Crippen LogP contribution in [0.25, 0.3) is 0 Å². The summed E-state index contributed by atoms with van der Waals surface area (Å²) in [5.41, 5.74) is 6.48. The van der Waals surface area contributed by atoms with Crippen molar-refractivity contribution in [2.45, 2.75) is 45.2 Å². The molecule has 1 aliphatic heterocycles. The van der Waals surface area contributed by atoms with Crippen LogP contribution in [0.15, 0.2) is 30.3 Å². The van der Waals surface area contributed by atoms with E-state index in [9.17, 15) is 4.79 Å². The van der Waals surface area contributed by atoms with Gasteiger partial charge in [0.1, 0.15) is 0 Å². The van der Waals surface area contributed by atoms with Crippen molar-refractivity contribution in [1.29, 1.82) is 0 Å². The van der Waals surface area contributed by atoms with Gasteiger partial charge in [0, 0.05) is 24.3 Å². The molecule has 0 bridgehead atoms. The number of primary amides is 1. The maximum atomic E-state index is 11.5. The van der Waals surface area contributed by atoms with E-state index in [2.05, 4.69) is 48.4 Å². The molecule has 1 aromatic carbocycles. The van der Waals surface area contributed by atoms with Crippen molar-refractivity contribution in [3.8, 4) is 0 Å². The van der Waals surface area contributed by atoms with Gasteiger partial charge in [0.2, 0.25) is 11.7 Å². The average Bonchev–Trinajstić information content (AvgIpc) is 3.06. The Morgan fingerprint density at radius 2 is 1.88 bits per heavy atom. The molecule has 1 atom stereocenters. The van der Waals surface area contributed by atoms with Gasteiger partial charge >= 0.3 is 0 Å². The number of rotatable bonds is 4. The fourth-order valence-corrected chi connectivity index (χ4v) is 3.63. The van der Waals surface area contributed by atoms with E-state index in [1.807, 2.05) is 22.9 Å². The maximum absolute atomic E-state index is 11.5. The summed E-state index contributed by atoms with van der Waals surface area (Å²) in [6.07, 6.45) is 1.62. The minimum absolute atomic E-state index is 0.0150. The van der Waals surface area contributed by atoms with E-state index in [0.29, 0.717) is 0 Å². The highest BCUT2D eigenvalue weighted by Gasteiger charge is 2.37. The van der Waals surface area contributed by atoms with Crippen LogP contribution >= 0.6 is 0 Å². The van der Waals surface area contributed by atoms with Crippen LogP contribution in [-0.4, -0.2) is 39.2 Å². The lowest BCUT2D eigenvalue weighted by Crippen LogP contribution is -3.13. The zero-order chi connectivity index (χ0) is 18.0. The van der Waals surface area contributed by atoms with E-state index < -0.39 is 0 Å². The Morgan fingerprint density at radius 3 is 2.44 bits per heavy atom. The molecule has 0 spiro atoms. The summed E-state index contributed by atoms with van der Waals surface area (Å²) in [5.74, 6) is 0.667. The van der Waals surface area contributed by atoms with Crippen molar-refractivity contribution in [2.75, 3.05) is 13.1 Å². The first-order valence-corrected chi connectivity index (χ1v) is 8.85. The Labute approximate surface area is 148 Å². The number of hydrogen-bond acceptors (Lipinski definition) is 4. The lowest BCUT2D eigenvalue weighted by atomic mass is 9.93. The van der Waals surface area contributed by atoms with Gasteiger partial charge in [-0.15, -0.1) is 5.10 Å². The van der Waals surface area contributed by atoms with Crippen LogP contribution in [0, 0.1) is 5.92 Å². The molecule has 0 radical (unpaired) electrons. The van der Waals surface area contributed by atoms with E-state index in [4.69, 9.17) is 5.73 Å². The number of piperidine rings is 1. The molecule has 7 nitrogen and oxygen atoms in total. The number of quaternary nitrogens is 1. The number of tetrazole rings is 1. The number of nitrogens with zero attached hydrogens (tertiary/aromatic N) is 4. The third-order valence-electron chi connectivity index (χ3n) is 4.96. The van der Waals surface area contributed by atoms with E-state index >= 15 is 0 Å². The summed E-state index contributed by atoms with van der Waals surface area (Å²) < 4.78 is 1.91. The number of aromatic nitrogens is 4. The summed E-state index contributed by atoms with van der Waals surface area (Å²) in [4.78, 5) is 12.9. The molecule has 0 saturated carbocycles. The molecule has 2 heterocycles. The second-order valence-corrected chi connectivity index (χ2v) is 7.80. The van der Waals surface area contributed by atoms with Gasteiger partial charge in [-0.05, 0) is 31.2 Å². The first-order chi connectivity index (χ1) is 11.9. The molecule has 7 heteroatoms. The van der Waals surface area contributed by atoms with Crippen molar-refractivity contribution in [2.24, 2.45) is 11.7 Å². The van der Waals surface area contributed by atoms with Crippen LogP contribution in [-0.2, 0) is 10.3 Å². The van der Waals surface area contributed by atoms with E-state index in [0.717, 1.165) is 31.8 Å². The van der Waals surface area contributed by atoms with Gasteiger partial charge in [-0.3, -0.25) is 4.79 Å². The Bertz CT molecular complexity index is 713. The molecule has 25 heavy (non-hydrogen) atoms. The van der Waals surface area contributed by atoms with Crippen molar-refractivity contribution in [3.05, 3.63) is 41.7 Å². The number of nitrogens with two attached hydrogens (primary N) is 1. The number of hydrogen-bond donors (Lipinski definition) is 2. The van der Waals surface area contributed by atoms with Crippen LogP contribution in [0.4, 0.5) is 0 Å². The first kappa shape index (κ1) is 17.5. The van der Waals surface area contributed by atoms with Crippen LogP contribution in [0.3, 0.4) is 0 Å². The van der Waals surface area contributed by atoms with Crippen LogP contribution < -0.4 is 10.6 Å². The minimum Gasteiger partial charge on any atom is -0.369 e. The molecule has 3 rings (SSSR count). The molecule has 0 unspecified atom stereocenters. The van der Waals surface area contributed by atoms with Gasteiger partial charge in [0.25, 0.3) is 0 Å². The second-order valence-electron chi connectivity index (χ2n) is 7.80. The summed E-state index contributed by atoms with van der Waals surface area (Å²) in [6.45, 7) is 8.06. The summed E-state index contributed by atoms with van der Waals surface area (Å²) >= 11 is 0. The van der Waals surface area contributed by atoms with Gasteiger partial charge in [-0.2, -0.15) is 0 Å². The average molecular weight is 343 g/mol. The van der Waals surface area contributed by atoms with Gasteiger partial charge in [0.05, 0.1) is 18.6 Å². The minimum atomic E-state index is -0.198. The highest BCUT2D eigenvalue weighted by molar-refractivity contribution is 5.76. The van der Waals surface area contributed by atoms with Crippen molar-refractivity contribution in [1.82, 2.24) is 20.2 Å². The van der Waals surface area contributed by atoms with Crippen LogP contribution in [0.5, 0.6) is 0 Å². The molecule has 1 aromatic heterocycles. The highest BCUT2D eigenvalue weighted by atomic mass is 16.1. The third-order valence-corrected chi connectivity index (χ3v) is 4.96. The zero-order valence-electron chi connectivity index (χ0n) is 15.1. The quantitative estimate of drug-likeness (QED) is 0.835. The first-order valence-electron chi connectivity index (χ1n) is 8.85. The van der Waals surface area contributed by atoms with Crippen molar-refractivity contribution in [3.63, 3.8) is 0 Å². The Hall–Kier alpha value is -2.28. The summed E-state index contributed by atoms with van der Waals surface area (Å²) in [6, 6.07) is 10.4. The van der Waals surface area contributed by atoms with Gasteiger partial charge in [-0.25, -0.2) is 4.68 Å². The SMILES string of the molecule is CC(C)(C)n1nnnc1[C@@H](c1ccccc1)[NH+]1CCC(C(N)=O)CC1. The number of benzene rings is 1. The maximum Gasteiger partial charge on any atom is 0.220 e. The van der Waals surface area contributed by atoms with Gasteiger partial charge in [-0.1, -0.05) is 30.3 Å². The second kappa shape index (κ2) is 6.92. The smallest absolute Gasteiger partial charge is 0.220 e. The fourth-order valence-electron chi connectivity index (χ4n) is 3.63. The molecule has 2 aromatic rings. The molecule has 1 amide bonds. The van der Waals surface area contributed by atoms with Crippen molar-refractivity contribution >= 4 is 5.91 Å². The predicted octanol–water partition coefficient (Wildman–Crippen LogP) is 0.298. The number of likely N-dealkylation sites (tertiary alicyclic amines) is 1. The Balaban J connectivity index is 1.96. The lowest BCUT2D eigenvalue weighted by molar-refractivity contribution is -0.931. The standard InChI is InChI=1S/C18H26N6O/c1-18(2,3)24-17(20-21-22-24)15(13-7-5-4-6-8-13)23-11-9-14(10-12-23)16(19)25/h4-8,14-15H,9-12H2,1-3H3,(H2,19,25)/p+1/t15-/m1/s1. The normalized spacial score (nSPS) is 22.5. The van der Waals surface area contributed by atoms with Crippen molar-refractivity contribution < 1.29 is 9.69 Å². The number of carbonyl (C=O) groups is 1. The zero-order valence-corrected chi connectivity index (χ0v) is 15.1. The van der Waals surface area contributed by atoms with E-state index in [-0.39, 0.29) is 23.4 Å².